The molecule has 1 aliphatic heterocycles. The Kier molecular flexibility index (Phi) is 5.99. The molecule has 2 aromatic carbocycles. The lowest BCUT2D eigenvalue weighted by molar-refractivity contribution is -0.336. The lowest BCUT2D eigenvalue weighted by Crippen LogP contribution is -2.29. The molecule has 1 N–H and O–H groups in total. The van der Waals surface area contributed by atoms with Crippen LogP contribution in [0.3, 0.4) is 0 Å². The van der Waals surface area contributed by atoms with Crippen molar-refractivity contribution in [3.8, 4) is 0 Å². The van der Waals surface area contributed by atoms with E-state index in [0.29, 0.717) is 28.7 Å². The van der Waals surface area contributed by atoms with Crippen molar-refractivity contribution in [3.63, 3.8) is 0 Å². The van der Waals surface area contributed by atoms with Gasteiger partial charge in [-0.05, 0) is 43.5 Å². The fraction of sp³-hybridized carbons (Fsp3) is 0.370. The van der Waals surface area contributed by atoms with E-state index in [1.807, 2.05) is 47.8 Å². The molecule has 2 aliphatic rings. The molecular weight excluding hydrogens is 453 g/mol. The number of carbonyl (C=O) groups excluding carboxylic acids is 1. The Balaban J connectivity index is 1.36. The maximum Gasteiger partial charge on any atom is 0.433 e. The maximum atomic E-state index is 13.5. The van der Waals surface area contributed by atoms with Crippen molar-refractivity contribution in [3.05, 3.63) is 65.9 Å². The number of alkyl halides is 3. The number of aromatic nitrogens is 1. The van der Waals surface area contributed by atoms with Crippen LogP contribution in [0.4, 0.5) is 24.5 Å². The molecule has 0 spiro atoms. The predicted octanol–water partition coefficient (Wildman–Crippen LogP) is 5.60. The zero-order valence-electron chi connectivity index (χ0n) is 19.8. The highest BCUT2D eigenvalue weighted by Crippen LogP contribution is 2.36. The molecule has 1 amide bonds. The minimum atomic E-state index is -4.51. The first-order chi connectivity index (χ1) is 16.7. The monoisotopic (exact) mass is 481 g/mol. The van der Waals surface area contributed by atoms with Crippen LogP contribution in [0.1, 0.15) is 41.7 Å². The van der Waals surface area contributed by atoms with Gasteiger partial charge in [0.1, 0.15) is 11.3 Å². The number of nitrogens with one attached hydrogen (secondary N) is 1. The van der Waals surface area contributed by atoms with Gasteiger partial charge in [-0.1, -0.05) is 36.8 Å². The Hall–Kier alpha value is -3.42. The van der Waals surface area contributed by atoms with Crippen LogP contribution < -0.4 is 10.2 Å². The van der Waals surface area contributed by atoms with Crippen molar-refractivity contribution in [1.29, 1.82) is 0 Å². The molecule has 1 aromatic heterocycles. The quantitative estimate of drug-likeness (QED) is 0.482. The number of fused-ring (bicyclic) bond motifs is 1. The average molecular weight is 482 g/mol. The molecular formula is C27H28F3N4O+. The fourth-order valence-corrected chi connectivity index (χ4v) is 5.15. The lowest BCUT2D eigenvalue weighted by Gasteiger charge is -2.28. The van der Waals surface area contributed by atoms with Crippen molar-refractivity contribution in [2.75, 3.05) is 30.9 Å². The summed E-state index contributed by atoms with van der Waals surface area (Å²) in [6.45, 7) is 0.647. The Bertz CT molecular complexity index is 1320. The predicted molar refractivity (Wildman–Crippen MR) is 131 cm³/mol. The Morgan fingerprint density at radius 3 is 2.60 bits per heavy atom. The summed E-state index contributed by atoms with van der Waals surface area (Å²) in [5, 5.41) is 4.06. The molecule has 2 heterocycles. The summed E-state index contributed by atoms with van der Waals surface area (Å²) < 4.78 is 42.2. The van der Waals surface area contributed by atoms with Gasteiger partial charge in [0.2, 0.25) is 12.3 Å². The number of amides is 1. The van der Waals surface area contributed by atoms with Crippen LogP contribution in [0.25, 0.3) is 10.9 Å². The van der Waals surface area contributed by atoms with Crippen LogP contribution in [0, 0.1) is 5.92 Å². The van der Waals surface area contributed by atoms with E-state index in [0.717, 1.165) is 43.1 Å². The van der Waals surface area contributed by atoms with Gasteiger partial charge in [0.25, 0.3) is 0 Å². The van der Waals surface area contributed by atoms with E-state index in [4.69, 9.17) is 0 Å². The number of para-hydroxylation sites is 2. The van der Waals surface area contributed by atoms with Gasteiger partial charge in [-0.25, -0.2) is 9.78 Å². The number of anilines is 2. The first kappa shape index (κ1) is 23.3. The van der Waals surface area contributed by atoms with E-state index in [1.165, 1.54) is 0 Å². The number of carbonyl (C=O) groups is 1. The van der Waals surface area contributed by atoms with Crippen molar-refractivity contribution in [1.82, 2.24) is 4.98 Å². The van der Waals surface area contributed by atoms with Crippen LogP contribution in [0.15, 0.2) is 54.6 Å². The largest absolute Gasteiger partial charge is 0.433 e. The van der Waals surface area contributed by atoms with E-state index in [9.17, 15) is 18.0 Å². The molecule has 1 aliphatic carbocycles. The Labute approximate surface area is 202 Å². The second-order valence-electron chi connectivity index (χ2n) is 9.57. The van der Waals surface area contributed by atoms with Gasteiger partial charge in [0, 0.05) is 37.1 Å². The number of nitrogens with zero attached hydrogens (tertiary/aromatic N) is 3. The Morgan fingerprint density at radius 1 is 1.09 bits per heavy atom. The van der Waals surface area contributed by atoms with Gasteiger partial charge in [-0.2, -0.15) is 13.2 Å². The molecule has 1 unspecified atom stereocenters. The van der Waals surface area contributed by atoms with Crippen LogP contribution in [-0.4, -0.2) is 47.9 Å². The van der Waals surface area contributed by atoms with E-state index >= 15 is 0 Å². The summed E-state index contributed by atoms with van der Waals surface area (Å²) in [7, 11) is 3.84. The van der Waals surface area contributed by atoms with Gasteiger partial charge in [-0.3, -0.25) is 0 Å². The van der Waals surface area contributed by atoms with E-state index < -0.39 is 11.9 Å². The van der Waals surface area contributed by atoms with Gasteiger partial charge in [0.15, 0.2) is 0 Å². The van der Waals surface area contributed by atoms with Gasteiger partial charge < -0.3 is 10.2 Å². The zero-order valence-corrected chi connectivity index (χ0v) is 19.8. The van der Waals surface area contributed by atoms with Gasteiger partial charge in [-0.15, -0.1) is 4.58 Å². The van der Waals surface area contributed by atoms with Crippen molar-refractivity contribution < 1.29 is 22.5 Å². The number of benzene rings is 2. The molecule has 182 valence electrons. The normalized spacial score (nSPS) is 20.1. The van der Waals surface area contributed by atoms with Crippen LogP contribution >= 0.6 is 0 Å². The molecule has 0 bridgehead atoms. The summed E-state index contributed by atoms with van der Waals surface area (Å²) in [6, 6.07) is 15.6. The molecule has 35 heavy (non-hydrogen) atoms. The maximum absolute atomic E-state index is 13.5. The zero-order chi connectivity index (χ0) is 24.7. The SMILES string of the molecule is CN(C)c1ccccc1C(=O)[N+]1=C(C2CCC[C@H](Nc3cc(C(F)(F)F)nc4ccccc34)C2)C1. The molecule has 0 saturated heterocycles. The molecule has 2 atom stereocenters. The minimum Gasteiger partial charge on any atom is -0.382 e. The summed E-state index contributed by atoms with van der Waals surface area (Å²) >= 11 is 0. The van der Waals surface area contributed by atoms with Crippen LogP contribution in [-0.2, 0) is 6.18 Å². The van der Waals surface area contributed by atoms with Crippen LogP contribution in [0.5, 0.6) is 0 Å². The Morgan fingerprint density at radius 2 is 1.83 bits per heavy atom. The number of halogens is 3. The van der Waals surface area contributed by atoms with E-state index in [2.05, 4.69) is 10.3 Å². The lowest BCUT2D eigenvalue weighted by atomic mass is 9.84. The molecule has 1 saturated carbocycles. The molecule has 3 aromatic rings. The third kappa shape index (κ3) is 4.74. The summed E-state index contributed by atoms with van der Waals surface area (Å²) in [5.41, 5.74) is 2.59. The molecule has 8 heteroatoms. The average Bonchev–Trinajstić information content (AvgIpc) is 3.64. The number of hydrogen-bond acceptors (Lipinski definition) is 4. The smallest absolute Gasteiger partial charge is 0.382 e. The van der Waals surface area contributed by atoms with Gasteiger partial charge in [0.05, 0.1) is 11.2 Å². The third-order valence-corrected chi connectivity index (χ3v) is 6.94. The minimum absolute atomic E-state index is 0.00864. The number of rotatable bonds is 5. The highest BCUT2D eigenvalue weighted by Gasteiger charge is 2.47. The van der Waals surface area contributed by atoms with E-state index in [-0.39, 0.29) is 17.9 Å². The fourth-order valence-electron chi connectivity index (χ4n) is 5.15. The first-order valence-corrected chi connectivity index (χ1v) is 11.9. The second-order valence-corrected chi connectivity index (χ2v) is 9.57. The van der Waals surface area contributed by atoms with Crippen LogP contribution in [0.2, 0.25) is 0 Å². The van der Waals surface area contributed by atoms with Crippen molar-refractivity contribution >= 4 is 33.9 Å². The van der Waals surface area contributed by atoms with Crippen molar-refractivity contribution in [2.24, 2.45) is 5.92 Å². The molecule has 5 rings (SSSR count). The topological polar surface area (TPSA) is 48.2 Å². The standard InChI is InChI=1S/C27H28F3N4O/c1-33(2)23-13-6-4-11-20(23)26(35)34-16-24(34)17-8-7-9-18(14-17)31-22-15-25(27(28,29)30)32-21-12-5-3-10-19(21)22/h3-6,10-13,15,17-18H,7-9,14,16H2,1-2H3,(H,31,32)/q+1/t17?,18-/m0/s1. The first-order valence-electron chi connectivity index (χ1n) is 11.9. The van der Waals surface area contributed by atoms with Crippen molar-refractivity contribution in [2.45, 2.75) is 37.9 Å². The van der Waals surface area contributed by atoms with Gasteiger partial charge >= 0.3 is 12.1 Å². The highest BCUT2D eigenvalue weighted by atomic mass is 19.4. The third-order valence-electron chi connectivity index (χ3n) is 6.94. The summed E-state index contributed by atoms with van der Waals surface area (Å²) in [5.74, 6) is 0.251. The number of pyridine rings is 1. The number of hydrogen-bond donors (Lipinski definition) is 1. The second kappa shape index (κ2) is 8.98. The molecule has 1 fully saturated rings. The molecule has 0 radical (unpaired) electrons. The van der Waals surface area contributed by atoms with E-state index in [1.54, 1.807) is 24.3 Å². The highest BCUT2D eigenvalue weighted by molar-refractivity contribution is 6.04. The summed E-state index contributed by atoms with van der Waals surface area (Å²) in [4.78, 5) is 18.9. The summed E-state index contributed by atoms with van der Waals surface area (Å²) in [6.07, 6.45) is -0.913. The molecule has 5 nitrogen and oxygen atoms in total.